The number of hydrogen-bond donors (Lipinski definition) is 3. The van der Waals surface area contributed by atoms with Crippen molar-refractivity contribution < 1.29 is 9.90 Å². The summed E-state index contributed by atoms with van der Waals surface area (Å²) in [5.41, 5.74) is 7.35. The third-order valence-electron chi connectivity index (χ3n) is 2.74. The van der Waals surface area contributed by atoms with Crippen LogP contribution in [0.4, 0.5) is 0 Å². The highest BCUT2D eigenvalue weighted by molar-refractivity contribution is 5.89. The molecule has 126 valence electrons. The van der Waals surface area contributed by atoms with Crippen LogP contribution in [-0.4, -0.2) is 21.9 Å². The van der Waals surface area contributed by atoms with Gasteiger partial charge in [0.25, 0.3) is 0 Å². The lowest BCUT2D eigenvalue weighted by Gasteiger charge is -2.06. The van der Waals surface area contributed by atoms with Crippen LogP contribution in [0.2, 0.25) is 0 Å². The van der Waals surface area contributed by atoms with E-state index in [0.29, 0.717) is 11.9 Å². The number of carbonyl (C=O) groups is 1. The van der Waals surface area contributed by atoms with Crippen LogP contribution in [-0.2, 0) is 11.2 Å². The Morgan fingerprint density at radius 3 is 2.23 bits per heavy atom. The van der Waals surface area contributed by atoms with Crippen LogP contribution in [0.1, 0.15) is 54.0 Å². The van der Waals surface area contributed by atoms with E-state index in [1.165, 1.54) is 6.92 Å². The first-order valence-electron chi connectivity index (χ1n) is 8.13. The number of aromatic nitrogens is 1. The molecule has 0 saturated carbocycles. The molecular weight excluding hydrogens is 276 g/mol. The van der Waals surface area contributed by atoms with Crippen LogP contribution in [0.5, 0.6) is 5.75 Å². The zero-order chi connectivity index (χ0) is 17.7. The number of phenolic OH excluding ortho intramolecular Hbond substituents is 1. The van der Waals surface area contributed by atoms with Gasteiger partial charge in [0.15, 0.2) is 0 Å². The number of rotatable bonds is 3. The van der Waals surface area contributed by atoms with E-state index in [9.17, 15) is 9.90 Å². The molecule has 0 bridgehead atoms. The Hall–Kier alpha value is -1.81. The van der Waals surface area contributed by atoms with Gasteiger partial charge in [-0.25, -0.2) is 0 Å². The van der Waals surface area contributed by atoms with Crippen molar-refractivity contribution in [3.63, 3.8) is 0 Å². The van der Waals surface area contributed by atoms with Crippen molar-refractivity contribution >= 4 is 16.7 Å². The number of nitrogens with one attached hydrogen (secondary N) is 1. The van der Waals surface area contributed by atoms with Gasteiger partial charge in [-0.1, -0.05) is 53.7 Å². The number of para-hydroxylation sites is 1. The minimum absolute atomic E-state index is 0.0329. The molecule has 1 unspecified atom stereocenters. The molecular formula is C18H32N2O2. The zero-order valence-corrected chi connectivity index (χ0v) is 15.0. The molecule has 0 spiro atoms. The molecule has 4 N–H and O–H groups in total. The third kappa shape index (κ3) is 6.31. The Balaban J connectivity index is 0. The second-order valence-electron chi connectivity index (χ2n) is 3.93. The molecule has 2 aromatic rings. The van der Waals surface area contributed by atoms with Gasteiger partial charge >= 0.3 is 0 Å². The van der Waals surface area contributed by atoms with Crippen molar-refractivity contribution in [2.45, 2.75) is 60.9 Å². The van der Waals surface area contributed by atoms with Crippen LogP contribution in [0.15, 0.2) is 24.4 Å². The standard InChI is InChI=1S/C12H14N2O2.3C2H6/c1-7(15)10(13)5-8-6-14-12-9(8)3-2-4-11(12)16;3*1-2/h2-4,6,10,14,16H,5,13H2,1H3;3*1-2H3. The molecule has 1 aromatic heterocycles. The number of Topliss-reactive ketones (excluding diaryl/α,β-unsaturated/α-hetero) is 1. The molecule has 1 heterocycles. The van der Waals surface area contributed by atoms with Crippen molar-refractivity contribution in [1.82, 2.24) is 4.98 Å². The molecule has 4 nitrogen and oxygen atoms in total. The van der Waals surface area contributed by atoms with Crippen molar-refractivity contribution in [3.8, 4) is 5.75 Å². The lowest BCUT2D eigenvalue weighted by atomic mass is 10.0. The molecule has 22 heavy (non-hydrogen) atoms. The molecule has 0 radical (unpaired) electrons. The molecule has 0 aliphatic carbocycles. The number of phenols is 1. The maximum Gasteiger partial charge on any atom is 0.146 e. The number of fused-ring (bicyclic) bond motifs is 1. The summed E-state index contributed by atoms with van der Waals surface area (Å²) in [6.45, 7) is 13.5. The Labute approximate surface area is 134 Å². The third-order valence-corrected chi connectivity index (χ3v) is 2.74. The molecule has 2 rings (SSSR count). The Kier molecular flexibility index (Phi) is 13.2. The fourth-order valence-electron chi connectivity index (χ4n) is 1.75. The minimum Gasteiger partial charge on any atom is -0.506 e. The molecule has 1 aromatic carbocycles. The number of benzene rings is 1. The number of H-pyrrole nitrogens is 1. The first kappa shape index (κ1) is 22.5. The van der Waals surface area contributed by atoms with Crippen LogP contribution in [0.3, 0.4) is 0 Å². The van der Waals surface area contributed by atoms with Crippen LogP contribution in [0.25, 0.3) is 10.9 Å². The monoisotopic (exact) mass is 308 g/mol. The first-order chi connectivity index (χ1) is 10.6. The SMILES string of the molecule is CC.CC.CC.CC(=O)C(N)Cc1c[nH]c2c(O)cccc12. The lowest BCUT2D eigenvalue weighted by Crippen LogP contribution is -2.30. The van der Waals surface area contributed by atoms with Crippen molar-refractivity contribution in [2.24, 2.45) is 5.73 Å². The predicted octanol–water partition coefficient (Wildman–Crippen LogP) is 4.41. The first-order valence-corrected chi connectivity index (χ1v) is 8.13. The zero-order valence-electron chi connectivity index (χ0n) is 15.0. The fraction of sp³-hybridized carbons (Fsp3) is 0.500. The fourth-order valence-corrected chi connectivity index (χ4v) is 1.75. The molecule has 0 saturated heterocycles. The summed E-state index contributed by atoms with van der Waals surface area (Å²) in [5.74, 6) is 0.176. The van der Waals surface area contributed by atoms with Crippen LogP contribution < -0.4 is 5.73 Å². The van der Waals surface area contributed by atoms with E-state index in [0.717, 1.165) is 10.9 Å². The average molecular weight is 308 g/mol. The summed E-state index contributed by atoms with van der Waals surface area (Å²) in [6.07, 6.45) is 2.27. The number of aromatic amines is 1. The Morgan fingerprint density at radius 1 is 1.18 bits per heavy atom. The smallest absolute Gasteiger partial charge is 0.146 e. The number of ketones is 1. The van der Waals surface area contributed by atoms with E-state index in [2.05, 4.69) is 4.98 Å². The quantitative estimate of drug-likeness (QED) is 0.785. The molecule has 0 amide bonds. The normalized spacial score (nSPS) is 10.2. The molecule has 1 atom stereocenters. The molecule has 0 aliphatic rings. The largest absolute Gasteiger partial charge is 0.506 e. The maximum atomic E-state index is 11.1. The summed E-state index contributed by atoms with van der Waals surface area (Å²) >= 11 is 0. The average Bonchev–Trinajstić information content (AvgIpc) is 2.97. The summed E-state index contributed by atoms with van der Waals surface area (Å²) in [4.78, 5) is 14.1. The lowest BCUT2D eigenvalue weighted by molar-refractivity contribution is -0.118. The summed E-state index contributed by atoms with van der Waals surface area (Å²) in [5, 5.41) is 10.5. The highest BCUT2D eigenvalue weighted by atomic mass is 16.3. The van der Waals surface area contributed by atoms with Gasteiger partial charge in [0, 0.05) is 11.6 Å². The molecule has 4 heteroatoms. The van der Waals surface area contributed by atoms with E-state index in [4.69, 9.17) is 5.73 Å². The van der Waals surface area contributed by atoms with Gasteiger partial charge in [-0.15, -0.1) is 0 Å². The number of aromatic hydroxyl groups is 1. The number of carbonyl (C=O) groups excluding carboxylic acids is 1. The van der Waals surface area contributed by atoms with Gasteiger partial charge in [0.05, 0.1) is 11.6 Å². The van der Waals surface area contributed by atoms with Gasteiger partial charge in [-0.05, 0) is 25.0 Å². The highest BCUT2D eigenvalue weighted by Crippen LogP contribution is 2.26. The molecule has 0 aliphatic heterocycles. The highest BCUT2D eigenvalue weighted by Gasteiger charge is 2.13. The second kappa shape index (κ2) is 12.9. The second-order valence-corrected chi connectivity index (χ2v) is 3.93. The minimum atomic E-state index is -0.485. The topological polar surface area (TPSA) is 79.1 Å². The number of hydrogen-bond acceptors (Lipinski definition) is 3. The van der Waals surface area contributed by atoms with Gasteiger partial charge in [0.2, 0.25) is 0 Å². The van der Waals surface area contributed by atoms with Crippen molar-refractivity contribution in [1.29, 1.82) is 0 Å². The Morgan fingerprint density at radius 2 is 1.73 bits per heavy atom. The van der Waals surface area contributed by atoms with Gasteiger partial charge in [-0.2, -0.15) is 0 Å². The van der Waals surface area contributed by atoms with E-state index in [-0.39, 0.29) is 11.5 Å². The van der Waals surface area contributed by atoms with Crippen molar-refractivity contribution in [3.05, 3.63) is 30.0 Å². The van der Waals surface area contributed by atoms with E-state index in [1.807, 2.05) is 47.6 Å². The maximum absolute atomic E-state index is 11.1. The predicted molar refractivity (Wildman–Crippen MR) is 96.4 cm³/mol. The van der Waals surface area contributed by atoms with Gasteiger partial charge in [-0.3, -0.25) is 4.79 Å². The van der Waals surface area contributed by atoms with Gasteiger partial charge < -0.3 is 15.8 Å². The molecule has 0 fully saturated rings. The van der Waals surface area contributed by atoms with E-state index >= 15 is 0 Å². The van der Waals surface area contributed by atoms with Crippen LogP contribution in [0, 0.1) is 0 Å². The summed E-state index contributed by atoms with van der Waals surface area (Å²) in [7, 11) is 0. The number of nitrogens with two attached hydrogens (primary N) is 1. The summed E-state index contributed by atoms with van der Waals surface area (Å²) < 4.78 is 0. The van der Waals surface area contributed by atoms with Gasteiger partial charge in [0.1, 0.15) is 11.5 Å². The van der Waals surface area contributed by atoms with E-state index < -0.39 is 6.04 Å². The van der Waals surface area contributed by atoms with Crippen LogP contribution >= 0.6 is 0 Å². The van der Waals surface area contributed by atoms with E-state index in [1.54, 1.807) is 18.3 Å². The Bertz CT molecular complexity index is 533. The summed E-state index contributed by atoms with van der Waals surface area (Å²) in [6, 6.07) is 4.80. The van der Waals surface area contributed by atoms with Crippen molar-refractivity contribution in [2.75, 3.05) is 0 Å².